The Bertz CT molecular complexity index is 575. The van der Waals surface area contributed by atoms with E-state index in [-0.39, 0.29) is 11.3 Å². The SMILES string of the molecule is CCc1ccsc1C(=O)c1ccc(OC)cc1F. The lowest BCUT2D eigenvalue weighted by molar-refractivity contribution is 0.103. The van der Waals surface area contributed by atoms with Crippen LogP contribution in [0.3, 0.4) is 0 Å². The molecule has 0 N–H and O–H groups in total. The highest BCUT2D eigenvalue weighted by molar-refractivity contribution is 7.12. The van der Waals surface area contributed by atoms with Crippen LogP contribution in [0.15, 0.2) is 29.6 Å². The molecule has 2 nitrogen and oxygen atoms in total. The first kappa shape index (κ1) is 12.8. The number of halogens is 1. The molecule has 1 heterocycles. The van der Waals surface area contributed by atoms with Crippen molar-refractivity contribution in [1.82, 2.24) is 0 Å². The largest absolute Gasteiger partial charge is 0.497 e. The van der Waals surface area contributed by atoms with Crippen LogP contribution < -0.4 is 4.74 Å². The van der Waals surface area contributed by atoms with Gasteiger partial charge < -0.3 is 4.74 Å². The van der Waals surface area contributed by atoms with Crippen molar-refractivity contribution in [2.75, 3.05) is 7.11 Å². The summed E-state index contributed by atoms with van der Waals surface area (Å²) in [6.07, 6.45) is 0.766. The van der Waals surface area contributed by atoms with Crippen LogP contribution in [0.4, 0.5) is 4.39 Å². The summed E-state index contributed by atoms with van der Waals surface area (Å²) in [5.41, 5.74) is 1.05. The molecular formula is C14H13FO2S. The van der Waals surface area contributed by atoms with Crippen LogP contribution in [0.2, 0.25) is 0 Å². The molecule has 0 spiro atoms. The summed E-state index contributed by atoms with van der Waals surface area (Å²) in [6, 6.07) is 6.19. The van der Waals surface area contributed by atoms with E-state index in [2.05, 4.69) is 0 Å². The highest BCUT2D eigenvalue weighted by Gasteiger charge is 2.18. The third-order valence-corrected chi connectivity index (χ3v) is 3.71. The maximum Gasteiger partial charge on any atom is 0.206 e. The van der Waals surface area contributed by atoms with Crippen LogP contribution in [-0.2, 0) is 6.42 Å². The molecule has 0 saturated carbocycles. The van der Waals surface area contributed by atoms with Gasteiger partial charge in [0.1, 0.15) is 11.6 Å². The molecule has 0 aliphatic heterocycles. The van der Waals surface area contributed by atoms with Crippen LogP contribution in [0.1, 0.15) is 27.7 Å². The molecule has 0 fully saturated rings. The van der Waals surface area contributed by atoms with Gasteiger partial charge in [0.2, 0.25) is 5.78 Å². The van der Waals surface area contributed by atoms with Crippen molar-refractivity contribution in [3.05, 3.63) is 51.5 Å². The second kappa shape index (κ2) is 5.31. The predicted molar refractivity (Wildman–Crippen MR) is 70.1 cm³/mol. The Labute approximate surface area is 109 Å². The monoisotopic (exact) mass is 264 g/mol. The van der Waals surface area contributed by atoms with E-state index >= 15 is 0 Å². The van der Waals surface area contributed by atoms with Gasteiger partial charge in [0.25, 0.3) is 0 Å². The highest BCUT2D eigenvalue weighted by atomic mass is 32.1. The Balaban J connectivity index is 2.40. The summed E-state index contributed by atoms with van der Waals surface area (Å²) in [7, 11) is 1.46. The number of aryl methyl sites for hydroxylation is 1. The zero-order chi connectivity index (χ0) is 13.1. The Morgan fingerprint density at radius 3 is 2.78 bits per heavy atom. The molecule has 1 aromatic heterocycles. The molecule has 0 amide bonds. The molecule has 0 saturated heterocycles. The Kier molecular flexibility index (Phi) is 3.77. The van der Waals surface area contributed by atoms with E-state index in [1.54, 1.807) is 6.07 Å². The van der Waals surface area contributed by atoms with Crippen molar-refractivity contribution in [3.8, 4) is 5.75 Å². The molecule has 2 rings (SSSR count). The van der Waals surface area contributed by atoms with Crippen molar-refractivity contribution in [2.45, 2.75) is 13.3 Å². The molecule has 0 aliphatic carbocycles. The zero-order valence-electron chi connectivity index (χ0n) is 10.2. The average Bonchev–Trinajstić information content (AvgIpc) is 2.86. The van der Waals surface area contributed by atoms with Crippen molar-refractivity contribution < 1.29 is 13.9 Å². The quantitative estimate of drug-likeness (QED) is 0.787. The summed E-state index contributed by atoms with van der Waals surface area (Å²) in [5.74, 6) is -0.400. The third-order valence-electron chi connectivity index (χ3n) is 2.75. The van der Waals surface area contributed by atoms with E-state index in [9.17, 15) is 9.18 Å². The molecule has 0 aliphatic rings. The minimum absolute atomic E-state index is 0.0907. The van der Waals surface area contributed by atoms with E-state index in [1.807, 2.05) is 18.4 Å². The van der Waals surface area contributed by atoms with Crippen LogP contribution in [0.25, 0.3) is 0 Å². The fourth-order valence-corrected chi connectivity index (χ4v) is 2.69. The maximum atomic E-state index is 13.8. The summed E-state index contributed by atoms with van der Waals surface area (Å²) in [6.45, 7) is 1.98. The minimum Gasteiger partial charge on any atom is -0.497 e. The zero-order valence-corrected chi connectivity index (χ0v) is 11.0. The molecule has 18 heavy (non-hydrogen) atoms. The summed E-state index contributed by atoms with van der Waals surface area (Å²) >= 11 is 1.35. The molecule has 0 radical (unpaired) electrons. The van der Waals surface area contributed by atoms with E-state index in [0.717, 1.165) is 12.0 Å². The van der Waals surface area contributed by atoms with Crippen molar-refractivity contribution in [2.24, 2.45) is 0 Å². The highest BCUT2D eigenvalue weighted by Crippen LogP contribution is 2.24. The second-order valence-electron chi connectivity index (χ2n) is 3.80. The minimum atomic E-state index is -0.546. The number of benzene rings is 1. The summed E-state index contributed by atoms with van der Waals surface area (Å²) in [5, 5.41) is 1.85. The van der Waals surface area contributed by atoms with Gasteiger partial charge in [-0.05, 0) is 35.6 Å². The fraction of sp³-hybridized carbons (Fsp3) is 0.214. The number of carbonyl (C=O) groups excluding carboxylic acids is 1. The van der Waals surface area contributed by atoms with Gasteiger partial charge in [-0.2, -0.15) is 0 Å². The van der Waals surface area contributed by atoms with E-state index in [0.29, 0.717) is 10.6 Å². The van der Waals surface area contributed by atoms with Gasteiger partial charge >= 0.3 is 0 Å². The number of methoxy groups -OCH3 is 1. The summed E-state index contributed by atoms with van der Waals surface area (Å²) < 4.78 is 18.7. The molecule has 94 valence electrons. The maximum absolute atomic E-state index is 13.8. The lowest BCUT2D eigenvalue weighted by Crippen LogP contribution is -2.04. The number of ether oxygens (including phenoxy) is 1. The van der Waals surface area contributed by atoms with Gasteiger partial charge in [-0.1, -0.05) is 6.92 Å². The van der Waals surface area contributed by atoms with Crippen LogP contribution in [0.5, 0.6) is 5.75 Å². The van der Waals surface area contributed by atoms with E-state index in [4.69, 9.17) is 4.74 Å². The topological polar surface area (TPSA) is 26.3 Å². The average molecular weight is 264 g/mol. The van der Waals surface area contributed by atoms with Crippen molar-refractivity contribution in [3.63, 3.8) is 0 Å². The van der Waals surface area contributed by atoms with Gasteiger partial charge in [0.15, 0.2) is 0 Å². The Morgan fingerprint density at radius 2 is 2.17 bits per heavy atom. The van der Waals surface area contributed by atoms with Crippen molar-refractivity contribution >= 4 is 17.1 Å². The molecule has 0 unspecified atom stereocenters. The number of hydrogen-bond donors (Lipinski definition) is 0. The van der Waals surface area contributed by atoms with Gasteiger partial charge in [-0.25, -0.2) is 4.39 Å². The van der Waals surface area contributed by atoms with E-state index < -0.39 is 5.82 Å². The fourth-order valence-electron chi connectivity index (χ4n) is 1.74. The van der Waals surface area contributed by atoms with Gasteiger partial charge in [-0.15, -0.1) is 11.3 Å². The molecule has 0 bridgehead atoms. The number of carbonyl (C=O) groups is 1. The number of hydrogen-bond acceptors (Lipinski definition) is 3. The first-order valence-electron chi connectivity index (χ1n) is 5.62. The molecule has 4 heteroatoms. The number of ketones is 1. The third kappa shape index (κ3) is 2.29. The van der Waals surface area contributed by atoms with Crippen LogP contribution in [0, 0.1) is 5.82 Å². The lowest BCUT2D eigenvalue weighted by atomic mass is 10.1. The Morgan fingerprint density at radius 1 is 1.39 bits per heavy atom. The van der Waals surface area contributed by atoms with Gasteiger partial charge in [0.05, 0.1) is 17.6 Å². The second-order valence-corrected chi connectivity index (χ2v) is 4.72. The predicted octanol–water partition coefficient (Wildman–Crippen LogP) is 3.69. The first-order valence-corrected chi connectivity index (χ1v) is 6.50. The van der Waals surface area contributed by atoms with Gasteiger partial charge in [0, 0.05) is 6.07 Å². The summed E-state index contributed by atoms with van der Waals surface area (Å²) in [4.78, 5) is 12.8. The van der Waals surface area contributed by atoms with Gasteiger partial charge in [-0.3, -0.25) is 4.79 Å². The lowest BCUT2D eigenvalue weighted by Gasteiger charge is -2.05. The number of rotatable bonds is 4. The van der Waals surface area contributed by atoms with Crippen molar-refractivity contribution in [1.29, 1.82) is 0 Å². The van der Waals surface area contributed by atoms with Crippen LogP contribution in [-0.4, -0.2) is 12.9 Å². The molecule has 2 aromatic rings. The smallest absolute Gasteiger partial charge is 0.206 e. The van der Waals surface area contributed by atoms with Crippen LogP contribution >= 0.6 is 11.3 Å². The molecule has 1 aromatic carbocycles. The first-order chi connectivity index (χ1) is 8.67. The standard InChI is InChI=1S/C14H13FO2S/c1-3-9-6-7-18-14(9)13(16)11-5-4-10(17-2)8-12(11)15/h4-8H,3H2,1-2H3. The molecular weight excluding hydrogens is 251 g/mol. The number of thiophene rings is 1. The van der Waals surface area contributed by atoms with E-state index in [1.165, 1.54) is 30.6 Å². The Hall–Kier alpha value is -1.68. The molecule has 0 atom stereocenters. The normalized spacial score (nSPS) is 10.4.